The van der Waals surface area contributed by atoms with Gasteiger partial charge in [0.25, 0.3) is 5.91 Å². The molecule has 1 aromatic carbocycles. The lowest BCUT2D eigenvalue weighted by atomic mass is 10.2. The Hall–Kier alpha value is -2.91. The second kappa shape index (κ2) is 6.91. The first-order valence-corrected chi connectivity index (χ1v) is 7.67. The van der Waals surface area contributed by atoms with Crippen LogP contribution in [0.25, 0.3) is 0 Å². The molecule has 0 spiro atoms. The largest absolute Gasteiger partial charge is 0.362 e. The highest BCUT2D eigenvalue weighted by Crippen LogP contribution is 2.25. The van der Waals surface area contributed by atoms with E-state index in [4.69, 9.17) is 23.2 Å². The summed E-state index contributed by atoms with van der Waals surface area (Å²) in [6.07, 6.45) is 1.68. The van der Waals surface area contributed by atoms with Crippen molar-refractivity contribution < 1.29 is 9.72 Å². The summed E-state index contributed by atoms with van der Waals surface area (Å²) in [6.45, 7) is 0.488. The quantitative estimate of drug-likeness (QED) is 0.520. The maximum absolute atomic E-state index is 12.1. The summed E-state index contributed by atoms with van der Waals surface area (Å²) in [5, 5.41) is 23.3. The van der Waals surface area contributed by atoms with Crippen LogP contribution >= 0.6 is 23.2 Å². The number of carbonyl (C=O) groups excluding carboxylic acids is 1. The van der Waals surface area contributed by atoms with Crippen LogP contribution in [0.3, 0.4) is 0 Å². The van der Waals surface area contributed by atoms with E-state index in [0.717, 1.165) is 5.56 Å². The molecule has 11 heteroatoms. The maximum atomic E-state index is 12.1. The molecule has 0 bridgehead atoms. The van der Waals surface area contributed by atoms with Crippen LogP contribution < -0.4 is 5.32 Å². The molecule has 2 N–H and O–H groups in total. The zero-order valence-electron chi connectivity index (χ0n) is 12.4. The summed E-state index contributed by atoms with van der Waals surface area (Å²) in [6, 6.07) is 8.86. The number of carbonyl (C=O) groups is 1. The Morgan fingerprint density at radius 1 is 1.28 bits per heavy atom. The molecule has 0 saturated heterocycles. The molecule has 0 aliphatic carbocycles. The Morgan fingerprint density at radius 2 is 2.00 bits per heavy atom. The summed E-state index contributed by atoms with van der Waals surface area (Å²) in [5.41, 5.74) is 0.706. The number of rotatable bonds is 5. The lowest BCUT2D eigenvalue weighted by Crippen LogP contribution is -2.14. The van der Waals surface area contributed by atoms with Crippen LogP contribution in [0.5, 0.6) is 0 Å². The molecular formula is C14H10Cl2N6O3. The average molecular weight is 381 g/mol. The molecule has 25 heavy (non-hydrogen) atoms. The fourth-order valence-electron chi connectivity index (χ4n) is 2.06. The minimum absolute atomic E-state index is 0.265. The van der Waals surface area contributed by atoms with Crippen molar-refractivity contribution in [3.63, 3.8) is 0 Å². The fourth-order valence-corrected chi connectivity index (χ4v) is 2.42. The molecule has 2 aromatic heterocycles. The van der Waals surface area contributed by atoms with Crippen LogP contribution in [-0.4, -0.2) is 30.8 Å². The second-order valence-corrected chi connectivity index (χ2v) is 5.79. The third kappa shape index (κ3) is 3.78. The number of halogens is 2. The Bertz CT molecular complexity index is 934. The number of anilines is 1. The van der Waals surface area contributed by atoms with Gasteiger partial charge >= 0.3 is 5.82 Å². The molecular weight excluding hydrogens is 371 g/mol. The fraction of sp³-hybridized carbons (Fsp3) is 0.0714. The summed E-state index contributed by atoms with van der Waals surface area (Å²) in [7, 11) is 0. The Balaban J connectivity index is 1.69. The first-order valence-electron chi connectivity index (χ1n) is 6.91. The molecule has 9 nitrogen and oxygen atoms in total. The standard InChI is InChI=1S/C14H10Cl2N6O3/c15-9-3-1-8(2-4-9)7-21-6-5-10(20-21)17-14(23)12-11(16)13(19-18-12)22(24)25/h1-6H,7H2,(H,18,19)(H,17,20,23). The van der Waals surface area contributed by atoms with E-state index >= 15 is 0 Å². The molecule has 0 unspecified atom stereocenters. The number of nitrogens with one attached hydrogen (secondary N) is 2. The molecule has 0 saturated carbocycles. The first-order chi connectivity index (χ1) is 11.9. The number of H-pyrrole nitrogens is 1. The lowest BCUT2D eigenvalue weighted by Gasteiger charge is -2.02. The van der Waals surface area contributed by atoms with Crippen LogP contribution in [-0.2, 0) is 6.54 Å². The molecule has 2 heterocycles. The van der Waals surface area contributed by atoms with Gasteiger partial charge in [-0.3, -0.25) is 9.48 Å². The molecule has 0 aliphatic rings. The highest BCUT2D eigenvalue weighted by atomic mass is 35.5. The number of aromatic nitrogens is 4. The molecule has 3 aromatic rings. The van der Waals surface area contributed by atoms with Crippen LogP contribution in [0.15, 0.2) is 36.5 Å². The van der Waals surface area contributed by atoms with E-state index in [2.05, 4.69) is 20.6 Å². The predicted molar refractivity (Wildman–Crippen MR) is 91.0 cm³/mol. The minimum Gasteiger partial charge on any atom is -0.358 e. The van der Waals surface area contributed by atoms with Gasteiger partial charge in [0.2, 0.25) is 0 Å². The Kier molecular flexibility index (Phi) is 4.68. The molecule has 1 amide bonds. The van der Waals surface area contributed by atoms with E-state index in [-0.39, 0.29) is 16.5 Å². The molecule has 0 radical (unpaired) electrons. The monoisotopic (exact) mass is 380 g/mol. The van der Waals surface area contributed by atoms with Crippen LogP contribution in [0.4, 0.5) is 11.6 Å². The van der Waals surface area contributed by atoms with Gasteiger partial charge in [-0.2, -0.15) is 5.10 Å². The molecule has 3 rings (SSSR count). The van der Waals surface area contributed by atoms with Crippen molar-refractivity contribution in [2.75, 3.05) is 5.32 Å². The van der Waals surface area contributed by atoms with E-state index in [1.165, 1.54) is 0 Å². The summed E-state index contributed by atoms with van der Waals surface area (Å²) < 4.78 is 1.62. The Labute approximate surface area is 150 Å². The number of hydrogen-bond acceptors (Lipinski definition) is 5. The molecule has 128 valence electrons. The summed E-state index contributed by atoms with van der Waals surface area (Å²) >= 11 is 11.6. The SMILES string of the molecule is O=C(Nc1ccn(Cc2ccc(Cl)cc2)n1)c1n[nH]c([N+](=O)[O-])c1Cl. The number of aromatic amines is 1. The second-order valence-electron chi connectivity index (χ2n) is 4.97. The van der Waals surface area contributed by atoms with Gasteiger partial charge in [-0.15, -0.1) is 5.10 Å². The van der Waals surface area contributed by atoms with Gasteiger partial charge in [-0.1, -0.05) is 40.4 Å². The minimum atomic E-state index is -0.757. The van der Waals surface area contributed by atoms with Crippen molar-refractivity contribution in [3.05, 3.63) is 67.9 Å². The van der Waals surface area contributed by atoms with E-state index in [1.54, 1.807) is 29.1 Å². The van der Waals surface area contributed by atoms with E-state index < -0.39 is 16.6 Å². The highest BCUT2D eigenvalue weighted by molar-refractivity contribution is 6.35. The molecule has 0 fully saturated rings. The van der Waals surface area contributed by atoms with Crippen LogP contribution in [0, 0.1) is 10.1 Å². The van der Waals surface area contributed by atoms with Gasteiger partial charge < -0.3 is 15.4 Å². The van der Waals surface area contributed by atoms with Crippen molar-refractivity contribution in [2.45, 2.75) is 6.54 Å². The molecule has 0 aliphatic heterocycles. The van der Waals surface area contributed by atoms with Gasteiger partial charge in [-0.25, -0.2) is 0 Å². The first kappa shape index (κ1) is 16.9. The number of nitro groups is 1. The zero-order chi connectivity index (χ0) is 18.0. The van der Waals surface area contributed by atoms with Crippen molar-refractivity contribution in [1.82, 2.24) is 20.0 Å². The smallest absolute Gasteiger partial charge is 0.358 e. The van der Waals surface area contributed by atoms with E-state index in [1.807, 2.05) is 12.1 Å². The van der Waals surface area contributed by atoms with Crippen LogP contribution in [0.2, 0.25) is 10.0 Å². The van der Waals surface area contributed by atoms with Gasteiger partial charge in [0, 0.05) is 17.3 Å². The number of amides is 1. The zero-order valence-corrected chi connectivity index (χ0v) is 14.0. The van der Waals surface area contributed by atoms with Crippen molar-refractivity contribution in [2.24, 2.45) is 0 Å². The lowest BCUT2D eigenvalue weighted by molar-refractivity contribution is -0.389. The third-order valence-electron chi connectivity index (χ3n) is 3.23. The third-order valence-corrected chi connectivity index (χ3v) is 3.84. The number of nitrogens with zero attached hydrogens (tertiary/aromatic N) is 4. The normalized spacial score (nSPS) is 10.6. The predicted octanol–water partition coefficient (Wildman–Crippen LogP) is 3.12. The van der Waals surface area contributed by atoms with E-state index in [9.17, 15) is 14.9 Å². The number of hydrogen-bond donors (Lipinski definition) is 2. The van der Waals surface area contributed by atoms with Gasteiger partial charge in [0.1, 0.15) is 0 Å². The Morgan fingerprint density at radius 3 is 2.64 bits per heavy atom. The van der Waals surface area contributed by atoms with Gasteiger partial charge in [0.15, 0.2) is 16.5 Å². The van der Waals surface area contributed by atoms with Crippen molar-refractivity contribution >= 4 is 40.7 Å². The van der Waals surface area contributed by atoms with Crippen LogP contribution in [0.1, 0.15) is 16.1 Å². The van der Waals surface area contributed by atoms with Crippen molar-refractivity contribution in [1.29, 1.82) is 0 Å². The highest BCUT2D eigenvalue weighted by Gasteiger charge is 2.25. The van der Waals surface area contributed by atoms with E-state index in [0.29, 0.717) is 11.6 Å². The van der Waals surface area contributed by atoms with Crippen molar-refractivity contribution in [3.8, 4) is 0 Å². The summed E-state index contributed by atoms with van der Waals surface area (Å²) in [5.74, 6) is -0.980. The topological polar surface area (TPSA) is 119 Å². The summed E-state index contributed by atoms with van der Waals surface area (Å²) in [4.78, 5) is 22.1. The number of benzene rings is 1. The maximum Gasteiger partial charge on any atom is 0.362 e. The van der Waals surface area contributed by atoms with Gasteiger partial charge in [-0.05, 0) is 22.6 Å². The molecule has 0 atom stereocenters. The average Bonchev–Trinajstić information content (AvgIpc) is 3.16. The van der Waals surface area contributed by atoms with Gasteiger partial charge in [0.05, 0.1) is 6.54 Å².